The van der Waals surface area contributed by atoms with E-state index in [-0.39, 0.29) is 24.9 Å². The molecule has 1 aliphatic heterocycles. The normalized spacial score (nSPS) is 17.7. The fraction of sp³-hybridized carbons (Fsp3) is 0.467. The molecule has 0 bridgehead atoms. The average Bonchev–Trinajstić information content (AvgIpc) is 2.60. The number of hydrogen-bond acceptors (Lipinski definition) is 6. The van der Waals surface area contributed by atoms with Gasteiger partial charge in [-0.25, -0.2) is 4.79 Å². The lowest BCUT2D eigenvalue weighted by molar-refractivity contribution is -0.149. The van der Waals surface area contributed by atoms with Gasteiger partial charge in [-0.2, -0.15) is 11.8 Å². The smallest absolute Gasteiger partial charge is 0.330 e. The molecule has 2 rings (SSSR count). The van der Waals surface area contributed by atoms with Crippen LogP contribution in [0.2, 0.25) is 0 Å². The second-order valence-electron chi connectivity index (χ2n) is 5.05. The van der Waals surface area contributed by atoms with E-state index in [1.165, 1.54) is 30.0 Å². The first kappa shape index (κ1) is 17.3. The van der Waals surface area contributed by atoms with Crippen molar-refractivity contribution in [3.8, 4) is 0 Å². The SMILES string of the molecule is COC(=O)C1CN(C(=O)CSC)CCN1C(=O)c1cccnc1. The van der Waals surface area contributed by atoms with Crippen molar-refractivity contribution >= 4 is 29.5 Å². The highest BCUT2D eigenvalue weighted by Crippen LogP contribution is 2.16. The van der Waals surface area contributed by atoms with Crippen molar-refractivity contribution in [2.45, 2.75) is 6.04 Å². The van der Waals surface area contributed by atoms with Crippen LogP contribution in [-0.2, 0) is 14.3 Å². The van der Waals surface area contributed by atoms with Crippen molar-refractivity contribution in [3.63, 3.8) is 0 Å². The number of methoxy groups -OCH3 is 1. The predicted molar refractivity (Wildman–Crippen MR) is 86.0 cm³/mol. The van der Waals surface area contributed by atoms with E-state index >= 15 is 0 Å². The molecule has 1 unspecified atom stereocenters. The van der Waals surface area contributed by atoms with Gasteiger partial charge in [0.15, 0.2) is 0 Å². The molecule has 0 aliphatic carbocycles. The largest absolute Gasteiger partial charge is 0.467 e. The predicted octanol–water partition coefficient (Wildman–Crippen LogP) is 0.271. The Bertz CT molecular complexity index is 581. The van der Waals surface area contributed by atoms with Crippen LogP contribution >= 0.6 is 11.8 Å². The molecule has 0 N–H and O–H groups in total. The Hall–Kier alpha value is -2.09. The van der Waals surface area contributed by atoms with Crippen LogP contribution in [0.1, 0.15) is 10.4 Å². The summed E-state index contributed by atoms with van der Waals surface area (Å²) < 4.78 is 4.80. The zero-order valence-electron chi connectivity index (χ0n) is 13.1. The van der Waals surface area contributed by atoms with E-state index in [1.807, 2.05) is 6.26 Å². The van der Waals surface area contributed by atoms with Gasteiger partial charge in [0.05, 0.1) is 25.0 Å². The number of esters is 1. The molecule has 2 amide bonds. The maximum Gasteiger partial charge on any atom is 0.330 e. The van der Waals surface area contributed by atoms with E-state index in [2.05, 4.69) is 4.98 Å². The molecule has 7 nitrogen and oxygen atoms in total. The summed E-state index contributed by atoms with van der Waals surface area (Å²) in [5.41, 5.74) is 0.408. The zero-order valence-corrected chi connectivity index (χ0v) is 13.9. The second kappa shape index (κ2) is 7.96. The Morgan fingerprint density at radius 1 is 1.39 bits per heavy atom. The lowest BCUT2D eigenvalue weighted by Crippen LogP contribution is -2.59. The molecule has 0 spiro atoms. The Labute approximate surface area is 139 Å². The van der Waals surface area contributed by atoms with Crippen LogP contribution in [0.5, 0.6) is 0 Å². The lowest BCUT2D eigenvalue weighted by Gasteiger charge is -2.39. The lowest BCUT2D eigenvalue weighted by atomic mass is 10.1. The number of carbonyl (C=O) groups excluding carboxylic acids is 3. The summed E-state index contributed by atoms with van der Waals surface area (Å²) in [4.78, 5) is 43.7. The molecule has 1 aliphatic rings. The molecule has 0 aromatic carbocycles. The fourth-order valence-electron chi connectivity index (χ4n) is 2.46. The van der Waals surface area contributed by atoms with Crippen LogP contribution in [-0.4, -0.2) is 77.4 Å². The molecular weight excluding hydrogens is 318 g/mol. The summed E-state index contributed by atoms with van der Waals surface area (Å²) in [6.45, 7) is 0.838. The second-order valence-corrected chi connectivity index (χ2v) is 5.92. The van der Waals surface area contributed by atoms with E-state index in [1.54, 1.807) is 23.2 Å². The Morgan fingerprint density at radius 2 is 2.17 bits per heavy atom. The monoisotopic (exact) mass is 337 g/mol. The minimum absolute atomic E-state index is 0.0418. The summed E-state index contributed by atoms with van der Waals surface area (Å²) in [7, 11) is 1.28. The van der Waals surface area contributed by atoms with Crippen LogP contribution in [0.3, 0.4) is 0 Å². The highest BCUT2D eigenvalue weighted by Gasteiger charge is 2.37. The number of hydrogen-bond donors (Lipinski definition) is 0. The van der Waals surface area contributed by atoms with Gasteiger partial charge in [-0.15, -0.1) is 0 Å². The maximum atomic E-state index is 12.6. The third-order valence-electron chi connectivity index (χ3n) is 3.64. The first-order valence-electron chi connectivity index (χ1n) is 7.14. The quantitative estimate of drug-likeness (QED) is 0.734. The van der Waals surface area contributed by atoms with Gasteiger partial charge in [-0.1, -0.05) is 0 Å². The molecule has 23 heavy (non-hydrogen) atoms. The fourth-order valence-corrected chi connectivity index (χ4v) is 2.89. The van der Waals surface area contributed by atoms with E-state index in [0.29, 0.717) is 17.9 Å². The summed E-state index contributed by atoms with van der Waals surface area (Å²) in [6.07, 6.45) is 4.88. The summed E-state index contributed by atoms with van der Waals surface area (Å²) in [6, 6.07) is 2.51. The van der Waals surface area contributed by atoms with Crippen LogP contribution in [0.15, 0.2) is 24.5 Å². The molecule has 1 saturated heterocycles. The van der Waals surface area contributed by atoms with Gasteiger partial charge in [-0.05, 0) is 18.4 Å². The van der Waals surface area contributed by atoms with Crippen molar-refractivity contribution in [2.75, 3.05) is 38.8 Å². The number of aromatic nitrogens is 1. The average molecular weight is 337 g/mol. The van der Waals surface area contributed by atoms with E-state index in [0.717, 1.165) is 0 Å². The molecule has 1 atom stereocenters. The number of piperazine rings is 1. The maximum absolute atomic E-state index is 12.6. The van der Waals surface area contributed by atoms with Gasteiger partial charge in [0.25, 0.3) is 5.91 Å². The molecular formula is C15H19N3O4S. The molecule has 0 saturated carbocycles. The van der Waals surface area contributed by atoms with Crippen LogP contribution in [0.4, 0.5) is 0 Å². The van der Waals surface area contributed by atoms with Gasteiger partial charge in [0, 0.05) is 25.5 Å². The summed E-state index contributed by atoms with van der Waals surface area (Å²) in [5.74, 6) is -0.501. The van der Waals surface area contributed by atoms with E-state index < -0.39 is 12.0 Å². The Balaban J connectivity index is 2.18. The first-order valence-corrected chi connectivity index (χ1v) is 8.53. The number of amides is 2. The van der Waals surface area contributed by atoms with Gasteiger partial charge in [0.1, 0.15) is 6.04 Å². The number of pyridine rings is 1. The standard InChI is InChI=1S/C15H19N3O4S/c1-22-15(21)12-9-17(13(19)10-23-2)6-7-18(12)14(20)11-4-3-5-16-8-11/h3-5,8,12H,6-7,9-10H2,1-2H3. The van der Waals surface area contributed by atoms with Crippen molar-refractivity contribution in [3.05, 3.63) is 30.1 Å². The van der Waals surface area contributed by atoms with Crippen LogP contribution in [0, 0.1) is 0 Å². The van der Waals surface area contributed by atoms with Gasteiger partial charge >= 0.3 is 5.97 Å². The van der Waals surface area contributed by atoms with Crippen LogP contribution in [0.25, 0.3) is 0 Å². The molecule has 8 heteroatoms. The number of rotatable bonds is 4. The van der Waals surface area contributed by atoms with Crippen LogP contribution < -0.4 is 0 Å². The molecule has 124 valence electrons. The van der Waals surface area contributed by atoms with Crippen molar-refractivity contribution < 1.29 is 19.1 Å². The van der Waals surface area contributed by atoms with Crippen molar-refractivity contribution in [1.29, 1.82) is 0 Å². The number of ether oxygens (including phenoxy) is 1. The Morgan fingerprint density at radius 3 is 2.78 bits per heavy atom. The highest BCUT2D eigenvalue weighted by molar-refractivity contribution is 7.99. The van der Waals surface area contributed by atoms with Gasteiger partial charge in [-0.3, -0.25) is 14.6 Å². The molecule has 0 radical (unpaired) electrons. The summed E-state index contributed by atoms with van der Waals surface area (Å²) >= 11 is 1.43. The summed E-state index contributed by atoms with van der Waals surface area (Å²) in [5, 5.41) is 0. The third-order valence-corrected chi connectivity index (χ3v) is 4.18. The topological polar surface area (TPSA) is 79.8 Å². The molecule has 1 fully saturated rings. The zero-order chi connectivity index (χ0) is 16.8. The molecule has 1 aromatic rings. The minimum atomic E-state index is -0.799. The number of thioether (sulfide) groups is 1. The van der Waals surface area contributed by atoms with E-state index in [4.69, 9.17) is 4.74 Å². The molecule has 2 heterocycles. The number of nitrogens with zero attached hydrogens (tertiary/aromatic N) is 3. The minimum Gasteiger partial charge on any atom is -0.467 e. The molecule has 1 aromatic heterocycles. The highest BCUT2D eigenvalue weighted by atomic mass is 32.2. The Kier molecular flexibility index (Phi) is 5.97. The first-order chi connectivity index (χ1) is 11.1. The third kappa shape index (κ3) is 4.01. The van der Waals surface area contributed by atoms with Gasteiger partial charge in [0.2, 0.25) is 5.91 Å². The van der Waals surface area contributed by atoms with Crippen molar-refractivity contribution in [2.24, 2.45) is 0 Å². The van der Waals surface area contributed by atoms with Gasteiger partial charge < -0.3 is 14.5 Å². The van der Waals surface area contributed by atoms with Crippen molar-refractivity contribution in [1.82, 2.24) is 14.8 Å². The number of carbonyl (C=O) groups is 3. The van der Waals surface area contributed by atoms with E-state index in [9.17, 15) is 14.4 Å².